The van der Waals surface area contributed by atoms with Crippen molar-refractivity contribution in [2.45, 2.75) is 45.6 Å². The highest BCUT2D eigenvalue weighted by Crippen LogP contribution is 2.14. The normalized spacial score (nSPS) is 18.0. The lowest BCUT2D eigenvalue weighted by atomic mass is 10.1. The van der Waals surface area contributed by atoms with Crippen LogP contribution in [0.5, 0.6) is 0 Å². The third-order valence-electron chi connectivity index (χ3n) is 4.30. The fraction of sp³-hybridized carbons (Fsp3) is 0.600. The minimum atomic E-state index is 0.0891. The second-order valence-corrected chi connectivity index (χ2v) is 5.83. The molecule has 3 heterocycles. The molecule has 1 amide bonds. The molecule has 22 heavy (non-hydrogen) atoms. The molecule has 7 heteroatoms. The van der Waals surface area contributed by atoms with E-state index in [1.807, 2.05) is 13.8 Å². The molecule has 2 N–H and O–H groups in total. The molecule has 2 aromatic heterocycles. The summed E-state index contributed by atoms with van der Waals surface area (Å²) >= 11 is 0. The lowest BCUT2D eigenvalue weighted by molar-refractivity contribution is -0.121. The number of aromatic nitrogens is 4. The molecule has 1 unspecified atom stereocenters. The van der Waals surface area contributed by atoms with Crippen molar-refractivity contribution < 1.29 is 4.79 Å². The Morgan fingerprint density at radius 3 is 3.14 bits per heavy atom. The Kier molecular flexibility index (Phi) is 4.33. The highest BCUT2D eigenvalue weighted by molar-refractivity contribution is 5.76. The van der Waals surface area contributed by atoms with Crippen LogP contribution >= 0.6 is 0 Å². The standard InChI is InChI=1S/C15H22N6O/c1-10-13(11(2)21-15(20-10)18-9-19-21)5-6-14(22)17-8-12-4-3-7-16-12/h9,12,16H,3-8H2,1-2H3,(H,17,22). The second kappa shape index (κ2) is 6.39. The van der Waals surface area contributed by atoms with E-state index in [-0.39, 0.29) is 5.91 Å². The first-order valence-corrected chi connectivity index (χ1v) is 7.81. The lowest BCUT2D eigenvalue weighted by Gasteiger charge is -2.13. The number of hydrogen-bond donors (Lipinski definition) is 2. The van der Waals surface area contributed by atoms with Gasteiger partial charge in [-0.3, -0.25) is 4.79 Å². The van der Waals surface area contributed by atoms with Gasteiger partial charge in [0.05, 0.1) is 0 Å². The maximum Gasteiger partial charge on any atom is 0.252 e. The Morgan fingerprint density at radius 2 is 2.36 bits per heavy atom. The van der Waals surface area contributed by atoms with Crippen LogP contribution in [-0.2, 0) is 11.2 Å². The summed E-state index contributed by atoms with van der Waals surface area (Å²) < 4.78 is 1.72. The maximum atomic E-state index is 12.0. The molecule has 3 rings (SSSR count). The number of fused-ring (bicyclic) bond motifs is 1. The van der Waals surface area contributed by atoms with Crippen LogP contribution in [0.3, 0.4) is 0 Å². The number of aryl methyl sites for hydroxylation is 2. The highest BCUT2D eigenvalue weighted by atomic mass is 16.1. The second-order valence-electron chi connectivity index (χ2n) is 5.83. The van der Waals surface area contributed by atoms with Gasteiger partial charge in [0, 0.05) is 30.4 Å². The first-order valence-electron chi connectivity index (χ1n) is 7.81. The first-order chi connectivity index (χ1) is 10.6. The predicted molar refractivity (Wildman–Crippen MR) is 82.6 cm³/mol. The molecule has 1 saturated heterocycles. The van der Waals surface area contributed by atoms with Gasteiger partial charge in [-0.1, -0.05) is 0 Å². The van der Waals surface area contributed by atoms with Gasteiger partial charge < -0.3 is 10.6 Å². The predicted octanol–water partition coefficient (Wildman–Crippen LogP) is 0.542. The largest absolute Gasteiger partial charge is 0.355 e. The van der Waals surface area contributed by atoms with Gasteiger partial charge in [0.25, 0.3) is 5.78 Å². The van der Waals surface area contributed by atoms with Gasteiger partial charge in [-0.2, -0.15) is 10.1 Å². The van der Waals surface area contributed by atoms with Crippen molar-refractivity contribution in [2.24, 2.45) is 0 Å². The molecule has 0 saturated carbocycles. The fourth-order valence-corrected chi connectivity index (χ4v) is 3.01. The molecular formula is C15H22N6O. The zero-order chi connectivity index (χ0) is 15.5. The SMILES string of the molecule is Cc1nc2ncnn2c(C)c1CCC(=O)NCC1CCCN1. The van der Waals surface area contributed by atoms with E-state index in [0.29, 0.717) is 24.7 Å². The molecule has 118 valence electrons. The third kappa shape index (κ3) is 3.09. The molecule has 1 aliphatic rings. The van der Waals surface area contributed by atoms with Gasteiger partial charge in [0.15, 0.2) is 0 Å². The first kappa shape index (κ1) is 14.9. The van der Waals surface area contributed by atoms with Crippen LogP contribution in [0.1, 0.15) is 36.2 Å². The molecular weight excluding hydrogens is 280 g/mol. The van der Waals surface area contributed by atoms with Crippen molar-refractivity contribution in [3.63, 3.8) is 0 Å². The van der Waals surface area contributed by atoms with Gasteiger partial charge in [-0.15, -0.1) is 0 Å². The number of nitrogens with zero attached hydrogens (tertiary/aromatic N) is 4. The third-order valence-corrected chi connectivity index (χ3v) is 4.30. The minimum absolute atomic E-state index is 0.0891. The van der Waals surface area contributed by atoms with Crippen molar-refractivity contribution in [2.75, 3.05) is 13.1 Å². The number of rotatable bonds is 5. The van der Waals surface area contributed by atoms with Gasteiger partial charge in [0.1, 0.15) is 6.33 Å². The average molecular weight is 302 g/mol. The summed E-state index contributed by atoms with van der Waals surface area (Å²) in [6.07, 6.45) is 4.98. The van der Waals surface area contributed by atoms with Gasteiger partial charge >= 0.3 is 0 Å². The van der Waals surface area contributed by atoms with Gasteiger partial charge in [0.2, 0.25) is 5.91 Å². The zero-order valence-corrected chi connectivity index (χ0v) is 13.1. The number of amides is 1. The number of nitrogens with one attached hydrogen (secondary N) is 2. The zero-order valence-electron chi connectivity index (χ0n) is 13.1. The van der Waals surface area contributed by atoms with Crippen molar-refractivity contribution in [3.05, 3.63) is 23.3 Å². The molecule has 7 nitrogen and oxygen atoms in total. The minimum Gasteiger partial charge on any atom is -0.355 e. The van der Waals surface area contributed by atoms with Crippen LogP contribution in [-0.4, -0.2) is 44.6 Å². The van der Waals surface area contributed by atoms with E-state index in [0.717, 1.165) is 36.5 Å². The van der Waals surface area contributed by atoms with E-state index >= 15 is 0 Å². The van der Waals surface area contributed by atoms with Crippen LogP contribution in [0.15, 0.2) is 6.33 Å². The number of hydrogen-bond acceptors (Lipinski definition) is 5. The molecule has 0 bridgehead atoms. The summed E-state index contributed by atoms with van der Waals surface area (Å²) in [5.41, 5.74) is 3.00. The van der Waals surface area contributed by atoms with Gasteiger partial charge in [-0.05, 0) is 45.2 Å². The van der Waals surface area contributed by atoms with E-state index in [4.69, 9.17) is 0 Å². The van der Waals surface area contributed by atoms with E-state index in [9.17, 15) is 4.79 Å². The van der Waals surface area contributed by atoms with Crippen LogP contribution in [0, 0.1) is 13.8 Å². The van der Waals surface area contributed by atoms with Crippen molar-refractivity contribution in [1.82, 2.24) is 30.2 Å². The molecule has 2 aromatic rings. The maximum absolute atomic E-state index is 12.0. The van der Waals surface area contributed by atoms with Crippen molar-refractivity contribution >= 4 is 11.7 Å². The summed E-state index contributed by atoms with van der Waals surface area (Å²) in [5.74, 6) is 0.696. The Hall–Kier alpha value is -2.02. The molecule has 1 atom stereocenters. The molecule has 1 fully saturated rings. The fourth-order valence-electron chi connectivity index (χ4n) is 3.01. The van der Waals surface area contributed by atoms with Crippen LogP contribution in [0.25, 0.3) is 5.78 Å². The molecule has 0 aliphatic carbocycles. The lowest BCUT2D eigenvalue weighted by Crippen LogP contribution is -2.37. The Morgan fingerprint density at radius 1 is 1.50 bits per heavy atom. The van der Waals surface area contributed by atoms with E-state index in [1.165, 1.54) is 12.7 Å². The summed E-state index contributed by atoms with van der Waals surface area (Å²) in [4.78, 5) is 20.6. The highest BCUT2D eigenvalue weighted by Gasteiger charge is 2.16. The van der Waals surface area contributed by atoms with Crippen LogP contribution in [0.4, 0.5) is 0 Å². The van der Waals surface area contributed by atoms with Crippen molar-refractivity contribution in [1.29, 1.82) is 0 Å². The van der Waals surface area contributed by atoms with Crippen LogP contribution < -0.4 is 10.6 Å². The van der Waals surface area contributed by atoms with E-state index < -0.39 is 0 Å². The summed E-state index contributed by atoms with van der Waals surface area (Å²) in [5, 5.41) is 10.6. The number of carbonyl (C=O) groups is 1. The van der Waals surface area contributed by atoms with Crippen molar-refractivity contribution in [3.8, 4) is 0 Å². The van der Waals surface area contributed by atoms with Crippen LogP contribution in [0.2, 0.25) is 0 Å². The van der Waals surface area contributed by atoms with E-state index in [1.54, 1.807) is 4.52 Å². The Balaban J connectivity index is 1.59. The number of carbonyl (C=O) groups excluding carboxylic acids is 1. The smallest absolute Gasteiger partial charge is 0.252 e. The quantitative estimate of drug-likeness (QED) is 0.842. The molecule has 0 radical (unpaired) electrons. The van der Waals surface area contributed by atoms with E-state index in [2.05, 4.69) is 25.7 Å². The molecule has 1 aliphatic heterocycles. The summed E-state index contributed by atoms with van der Waals surface area (Å²) in [6.45, 7) is 5.73. The Bertz CT molecular complexity index is 674. The summed E-state index contributed by atoms with van der Waals surface area (Å²) in [7, 11) is 0. The molecule has 0 aromatic carbocycles. The monoisotopic (exact) mass is 302 g/mol. The average Bonchev–Trinajstić information content (AvgIpc) is 3.15. The summed E-state index contributed by atoms with van der Waals surface area (Å²) in [6, 6.07) is 0.431. The molecule has 0 spiro atoms. The Labute approximate surface area is 129 Å². The topological polar surface area (TPSA) is 84.2 Å². The van der Waals surface area contributed by atoms with Gasteiger partial charge in [-0.25, -0.2) is 9.50 Å².